The first kappa shape index (κ1) is 11.3. The van der Waals surface area contributed by atoms with Crippen LogP contribution < -0.4 is 4.90 Å². The molecule has 0 amide bonds. The summed E-state index contributed by atoms with van der Waals surface area (Å²) in [7, 11) is 2.05. The highest BCUT2D eigenvalue weighted by molar-refractivity contribution is 5.35. The van der Waals surface area contributed by atoms with E-state index >= 15 is 0 Å². The fourth-order valence-corrected chi connectivity index (χ4v) is 2.33. The Kier molecular flexibility index (Phi) is 3.72. The van der Waals surface area contributed by atoms with Crippen LogP contribution in [-0.2, 0) is 6.61 Å². The maximum Gasteiger partial charge on any atom is 0.147 e. The lowest BCUT2D eigenvalue weighted by Crippen LogP contribution is -2.25. The van der Waals surface area contributed by atoms with Gasteiger partial charge in [-0.15, -0.1) is 0 Å². The summed E-state index contributed by atoms with van der Waals surface area (Å²) < 4.78 is 0. The highest BCUT2D eigenvalue weighted by Gasteiger charge is 2.17. The van der Waals surface area contributed by atoms with Crippen LogP contribution in [0.3, 0.4) is 0 Å². The van der Waals surface area contributed by atoms with Crippen LogP contribution in [0.5, 0.6) is 0 Å². The molecule has 0 bridgehead atoms. The lowest BCUT2D eigenvalue weighted by Gasteiger charge is -2.21. The third-order valence-corrected chi connectivity index (χ3v) is 3.23. The minimum Gasteiger partial charge on any atom is -0.390 e. The molecule has 1 saturated carbocycles. The topological polar surface area (TPSA) is 49.2 Å². The second-order valence-electron chi connectivity index (χ2n) is 4.56. The summed E-state index contributed by atoms with van der Waals surface area (Å²) in [5.41, 5.74) is 0.635. The van der Waals surface area contributed by atoms with Crippen LogP contribution in [0, 0.1) is 5.92 Å². The summed E-state index contributed by atoms with van der Waals surface area (Å²) in [5, 5.41) is 9.01. The predicted molar refractivity (Wildman–Crippen MR) is 63.2 cm³/mol. The monoisotopic (exact) mass is 221 g/mol. The summed E-state index contributed by atoms with van der Waals surface area (Å²) in [4.78, 5) is 10.6. The number of anilines is 1. The van der Waals surface area contributed by atoms with Crippen molar-refractivity contribution in [3.05, 3.63) is 18.1 Å². The standard InChI is InChI=1S/C12H19N3O/c1-15(8-10-4-2-3-5-10)12-7-13-6-11(9-16)14-12/h6-7,10,16H,2-5,8-9H2,1H3. The second-order valence-corrected chi connectivity index (χ2v) is 4.56. The minimum atomic E-state index is -0.0435. The molecular weight excluding hydrogens is 202 g/mol. The minimum absolute atomic E-state index is 0.0435. The van der Waals surface area contributed by atoms with Crippen LogP contribution in [0.4, 0.5) is 5.82 Å². The third-order valence-electron chi connectivity index (χ3n) is 3.23. The number of aliphatic hydroxyl groups excluding tert-OH is 1. The lowest BCUT2D eigenvalue weighted by molar-refractivity contribution is 0.276. The molecule has 0 aromatic carbocycles. The highest BCUT2D eigenvalue weighted by Crippen LogP contribution is 2.26. The molecule has 0 atom stereocenters. The zero-order valence-corrected chi connectivity index (χ0v) is 9.76. The number of aliphatic hydroxyl groups is 1. The molecule has 1 aliphatic rings. The van der Waals surface area contributed by atoms with Crippen LogP contribution in [0.15, 0.2) is 12.4 Å². The van der Waals surface area contributed by atoms with E-state index < -0.39 is 0 Å². The number of hydrogen-bond acceptors (Lipinski definition) is 4. The van der Waals surface area contributed by atoms with Gasteiger partial charge in [-0.2, -0.15) is 0 Å². The van der Waals surface area contributed by atoms with E-state index in [1.807, 2.05) is 7.05 Å². The Bertz CT molecular complexity index is 337. The normalized spacial score (nSPS) is 16.6. The van der Waals surface area contributed by atoms with Crippen LogP contribution >= 0.6 is 0 Å². The van der Waals surface area contributed by atoms with Crippen molar-refractivity contribution in [1.82, 2.24) is 9.97 Å². The van der Waals surface area contributed by atoms with Crippen molar-refractivity contribution in [2.75, 3.05) is 18.5 Å². The average molecular weight is 221 g/mol. The van der Waals surface area contributed by atoms with Gasteiger partial charge in [-0.3, -0.25) is 4.98 Å². The van der Waals surface area contributed by atoms with E-state index in [1.165, 1.54) is 25.7 Å². The Balaban J connectivity index is 1.98. The van der Waals surface area contributed by atoms with Crippen molar-refractivity contribution in [1.29, 1.82) is 0 Å². The highest BCUT2D eigenvalue weighted by atomic mass is 16.3. The first-order valence-corrected chi connectivity index (χ1v) is 5.92. The number of hydrogen-bond donors (Lipinski definition) is 1. The summed E-state index contributed by atoms with van der Waals surface area (Å²) >= 11 is 0. The quantitative estimate of drug-likeness (QED) is 0.839. The van der Waals surface area contributed by atoms with E-state index in [2.05, 4.69) is 14.9 Å². The first-order valence-electron chi connectivity index (χ1n) is 5.92. The van der Waals surface area contributed by atoms with Crippen LogP contribution in [-0.4, -0.2) is 28.7 Å². The smallest absolute Gasteiger partial charge is 0.147 e. The second kappa shape index (κ2) is 5.25. The van der Waals surface area contributed by atoms with Gasteiger partial charge in [-0.1, -0.05) is 12.8 Å². The zero-order valence-electron chi connectivity index (χ0n) is 9.76. The number of rotatable bonds is 4. The molecule has 88 valence electrons. The summed E-state index contributed by atoms with van der Waals surface area (Å²) in [5.74, 6) is 1.66. The zero-order chi connectivity index (χ0) is 11.4. The molecule has 0 unspecified atom stereocenters. The Morgan fingerprint density at radius 3 is 2.81 bits per heavy atom. The molecule has 4 nitrogen and oxygen atoms in total. The van der Waals surface area contributed by atoms with Crippen LogP contribution in [0.25, 0.3) is 0 Å². The Labute approximate surface area is 96.3 Å². The molecule has 0 saturated heterocycles. The largest absolute Gasteiger partial charge is 0.390 e. The third kappa shape index (κ3) is 2.70. The van der Waals surface area contributed by atoms with Crippen LogP contribution in [0.2, 0.25) is 0 Å². The van der Waals surface area contributed by atoms with Gasteiger partial charge >= 0.3 is 0 Å². The molecule has 16 heavy (non-hydrogen) atoms. The van der Waals surface area contributed by atoms with Gasteiger partial charge in [0.1, 0.15) is 5.82 Å². The summed E-state index contributed by atoms with van der Waals surface area (Å²) in [6.45, 7) is 1.00. The predicted octanol–water partition coefficient (Wildman–Crippen LogP) is 1.60. The summed E-state index contributed by atoms with van der Waals surface area (Å²) in [6.07, 6.45) is 8.75. The van der Waals surface area contributed by atoms with Crippen molar-refractivity contribution < 1.29 is 5.11 Å². The molecule has 0 spiro atoms. The molecule has 1 aromatic rings. The van der Waals surface area contributed by atoms with Gasteiger partial charge in [0.05, 0.1) is 24.7 Å². The van der Waals surface area contributed by atoms with E-state index in [1.54, 1.807) is 12.4 Å². The molecule has 1 aliphatic carbocycles. The van der Waals surface area contributed by atoms with Gasteiger partial charge in [-0.05, 0) is 18.8 Å². The molecule has 1 fully saturated rings. The van der Waals surface area contributed by atoms with Crippen molar-refractivity contribution in [2.45, 2.75) is 32.3 Å². The Morgan fingerprint density at radius 2 is 2.12 bits per heavy atom. The molecule has 4 heteroatoms. The van der Waals surface area contributed by atoms with Gasteiger partial charge in [0.25, 0.3) is 0 Å². The van der Waals surface area contributed by atoms with Crippen LogP contribution in [0.1, 0.15) is 31.4 Å². The first-order chi connectivity index (χ1) is 7.79. The fraction of sp³-hybridized carbons (Fsp3) is 0.667. The maximum atomic E-state index is 9.01. The number of nitrogens with zero attached hydrogens (tertiary/aromatic N) is 3. The lowest BCUT2D eigenvalue weighted by atomic mass is 10.1. The molecule has 1 aromatic heterocycles. The molecule has 2 rings (SSSR count). The van der Waals surface area contributed by atoms with Crippen molar-refractivity contribution in [3.8, 4) is 0 Å². The van der Waals surface area contributed by atoms with Crippen molar-refractivity contribution in [2.24, 2.45) is 5.92 Å². The van der Waals surface area contributed by atoms with E-state index in [4.69, 9.17) is 5.11 Å². The molecule has 0 aliphatic heterocycles. The van der Waals surface area contributed by atoms with Gasteiger partial charge < -0.3 is 10.0 Å². The average Bonchev–Trinajstić information content (AvgIpc) is 2.82. The van der Waals surface area contributed by atoms with E-state index in [9.17, 15) is 0 Å². The number of aromatic nitrogens is 2. The van der Waals surface area contributed by atoms with Gasteiger partial charge in [0.15, 0.2) is 0 Å². The summed E-state index contributed by atoms with van der Waals surface area (Å²) in [6, 6.07) is 0. The fourth-order valence-electron chi connectivity index (χ4n) is 2.33. The van der Waals surface area contributed by atoms with E-state index in [0.717, 1.165) is 18.3 Å². The maximum absolute atomic E-state index is 9.01. The molecule has 1 heterocycles. The van der Waals surface area contributed by atoms with E-state index in [-0.39, 0.29) is 6.61 Å². The van der Waals surface area contributed by atoms with Gasteiger partial charge in [0.2, 0.25) is 0 Å². The Hall–Kier alpha value is -1.16. The molecule has 1 N–H and O–H groups in total. The SMILES string of the molecule is CN(CC1CCCC1)c1cncc(CO)n1. The molecular formula is C12H19N3O. The molecule has 0 radical (unpaired) electrons. The van der Waals surface area contributed by atoms with E-state index in [0.29, 0.717) is 5.69 Å². The van der Waals surface area contributed by atoms with Gasteiger partial charge in [0, 0.05) is 13.6 Å². The van der Waals surface area contributed by atoms with Crippen molar-refractivity contribution >= 4 is 5.82 Å². The van der Waals surface area contributed by atoms with Gasteiger partial charge in [-0.25, -0.2) is 4.98 Å². The Morgan fingerprint density at radius 1 is 1.38 bits per heavy atom. The van der Waals surface area contributed by atoms with Crippen molar-refractivity contribution in [3.63, 3.8) is 0 Å².